The minimum absolute atomic E-state index is 0.770. The summed E-state index contributed by atoms with van der Waals surface area (Å²) in [5.74, 6) is 0.770. The molecule has 2 aromatic rings. The van der Waals surface area contributed by atoms with Crippen LogP contribution in [0.25, 0.3) is 11.4 Å². The Balaban J connectivity index is 1.83. The van der Waals surface area contributed by atoms with Gasteiger partial charge in [-0.05, 0) is 62.5 Å². The average molecular weight is 256 g/mol. The van der Waals surface area contributed by atoms with Crippen molar-refractivity contribution in [2.24, 2.45) is 5.92 Å². The van der Waals surface area contributed by atoms with Crippen molar-refractivity contribution in [3.8, 4) is 11.4 Å². The predicted octanol–water partition coefficient (Wildman–Crippen LogP) is 2.12. The molecule has 2 aromatic heterocycles. The Hall–Kier alpha value is -1.68. The second-order valence-corrected chi connectivity index (χ2v) is 5.14. The van der Waals surface area contributed by atoms with Gasteiger partial charge in [-0.2, -0.15) is 5.10 Å². The van der Waals surface area contributed by atoms with E-state index in [1.807, 2.05) is 23.1 Å². The van der Waals surface area contributed by atoms with Crippen molar-refractivity contribution >= 4 is 0 Å². The average Bonchev–Trinajstić information content (AvgIpc) is 3.09. The van der Waals surface area contributed by atoms with Crippen LogP contribution in [0.3, 0.4) is 0 Å². The third-order valence-corrected chi connectivity index (χ3v) is 3.79. The second kappa shape index (κ2) is 5.53. The summed E-state index contributed by atoms with van der Waals surface area (Å²) in [6.07, 6.45) is 6.18. The van der Waals surface area contributed by atoms with Crippen molar-refractivity contribution in [1.82, 2.24) is 20.1 Å². The Labute approximate surface area is 113 Å². The Bertz CT molecular complexity index is 541. The summed E-state index contributed by atoms with van der Waals surface area (Å²) in [6, 6.07) is 6.38. The first-order valence-corrected chi connectivity index (χ1v) is 7.04. The standard InChI is InChI=1S/C15H20N4/c1-2-19-15(5-8-18-19)14-10-12(4-7-17-14)9-13-3-6-16-11-13/h4-5,7-8,10,13,16H,2-3,6,9,11H2,1H3/t13-/m0/s1. The summed E-state index contributed by atoms with van der Waals surface area (Å²) in [5.41, 5.74) is 3.51. The van der Waals surface area contributed by atoms with E-state index in [4.69, 9.17) is 0 Å². The Morgan fingerprint density at radius 1 is 1.37 bits per heavy atom. The number of rotatable bonds is 4. The van der Waals surface area contributed by atoms with Crippen LogP contribution in [0.15, 0.2) is 30.6 Å². The molecule has 1 N–H and O–H groups in total. The zero-order valence-corrected chi connectivity index (χ0v) is 11.3. The van der Waals surface area contributed by atoms with Gasteiger partial charge in [-0.1, -0.05) is 0 Å². The molecule has 1 aliphatic rings. The van der Waals surface area contributed by atoms with Gasteiger partial charge < -0.3 is 5.32 Å². The molecule has 4 heteroatoms. The van der Waals surface area contributed by atoms with E-state index in [-0.39, 0.29) is 0 Å². The maximum Gasteiger partial charge on any atom is 0.0885 e. The topological polar surface area (TPSA) is 42.7 Å². The maximum absolute atomic E-state index is 4.49. The molecule has 0 aromatic carbocycles. The van der Waals surface area contributed by atoms with Crippen LogP contribution in [0.1, 0.15) is 18.9 Å². The van der Waals surface area contributed by atoms with Gasteiger partial charge in [0.1, 0.15) is 0 Å². The highest BCUT2D eigenvalue weighted by Gasteiger charge is 2.15. The Kier molecular flexibility index (Phi) is 3.60. The highest BCUT2D eigenvalue weighted by Crippen LogP contribution is 2.20. The van der Waals surface area contributed by atoms with E-state index >= 15 is 0 Å². The van der Waals surface area contributed by atoms with Gasteiger partial charge in [-0.3, -0.25) is 9.67 Å². The van der Waals surface area contributed by atoms with E-state index in [2.05, 4.69) is 34.5 Å². The van der Waals surface area contributed by atoms with Crippen molar-refractivity contribution in [2.75, 3.05) is 13.1 Å². The van der Waals surface area contributed by atoms with Crippen LogP contribution in [0.2, 0.25) is 0 Å². The van der Waals surface area contributed by atoms with Crippen LogP contribution in [0.4, 0.5) is 0 Å². The number of aryl methyl sites for hydroxylation is 1. The normalized spacial score (nSPS) is 18.9. The molecule has 1 atom stereocenters. The molecule has 0 unspecified atom stereocenters. The van der Waals surface area contributed by atoms with Gasteiger partial charge in [-0.15, -0.1) is 0 Å². The van der Waals surface area contributed by atoms with E-state index < -0.39 is 0 Å². The molecule has 1 fully saturated rings. The molecule has 19 heavy (non-hydrogen) atoms. The Morgan fingerprint density at radius 3 is 3.11 bits per heavy atom. The van der Waals surface area contributed by atoms with Gasteiger partial charge in [-0.25, -0.2) is 0 Å². The maximum atomic E-state index is 4.49. The van der Waals surface area contributed by atoms with Crippen molar-refractivity contribution in [2.45, 2.75) is 26.3 Å². The molecule has 4 nitrogen and oxygen atoms in total. The Morgan fingerprint density at radius 2 is 2.32 bits per heavy atom. The highest BCUT2D eigenvalue weighted by atomic mass is 15.3. The molecule has 0 saturated carbocycles. The second-order valence-electron chi connectivity index (χ2n) is 5.14. The summed E-state index contributed by atoms with van der Waals surface area (Å²) in [5, 5.41) is 7.73. The summed E-state index contributed by atoms with van der Waals surface area (Å²) < 4.78 is 1.99. The molecule has 1 saturated heterocycles. The number of nitrogens with zero attached hydrogens (tertiary/aromatic N) is 3. The van der Waals surface area contributed by atoms with E-state index in [0.29, 0.717) is 0 Å². The highest BCUT2D eigenvalue weighted by molar-refractivity contribution is 5.54. The largest absolute Gasteiger partial charge is 0.316 e. The zero-order valence-electron chi connectivity index (χ0n) is 11.3. The first kappa shape index (κ1) is 12.4. The van der Waals surface area contributed by atoms with Gasteiger partial charge >= 0.3 is 0 Å². The van der Waals surface area contributed by atoms with Gasteiger partial charge in [0, 0.05) is 18.9 Å². The summed E-state index contributed by atoms with van der Waals surface area (Å²) in [6.45, 7) is 5.28. The van der Waals surface area contributed by atoms with Gasteiger partial charge in [0.2, 0.25) is 0 Å². The molecule has 0 amide bonds. The van der Waals surface area contributed by atoms with Crippen molar-refractivity contribution in [3.05, 3.63) is 36.2 Å². The SMILES string of the molecule is CCn1nccc1-c1cc(C[C@@H]2CCNC2)ccn1. The lowest BCUT2D eigenvalue weighted by Crippen LogP contribution is -2.11. The molecule has 0 aliphatic carbocycles. The number of aromatic nitrogens is 3. The first-order chi connectivity index (χ1) is 9.36. The van der Waals surface area contributed by atoms with Gasteiger partial charge in [0.25, 0.3) is 0 Å². The first-order valence-electron chi connectivity index (χ1n) is 7.04. The lowest BCUT2D eigenvalue weighted by Gasteiger charge is -2.10. The van der Waals surface area contributed by atoms with Crippen LogP contribution >= 0.6 is 0 Å². The van der Waals surface area contributed by atoms with E-state index in [1.165, 1.54) is 12.0 Å². The fourth-order valence-electron chi connectivity index (χ4n) is 2.77. The van der Waals surface area contributed by atoms with Gasteiger partial charge in [0.05, 0.1) is 11.4 Å². The molecule has 0 bridgehead atoms. The smallest absolute Gasteiger partial charge is 0.0885 e. The van der Waals surface area contributed by atoms with E-state index in [9.17, 15) is 0 Å². The summed E-state index contributed by atoms with van der Waals surface area (Å²) in [4.78, 5) is 4.49. The number of hydrogen-bond acceptors (Lipinski definition) is 3. The van der Waals surface area contributed by atoms with Crippen LogP contribution in [-0.2, 0) is 13.0 Å². The number of pyridine rings is 1. The van der Waals surface area contributed by atoms with E-state index in [0.717, 1.165) is 43.4 Å². The van der Waals surface area contributed by atoms with Crippen LogP contribution in [0.5, 0.6) is 0 Å². The van der Waals surface area contributed by atoms with Crippen molar-refractivity contribution < 1.29 is 0 Å². The molecule has 0 radical (unpaired) electrons. The third-order valence-electron chi connectivity index (χ3n) is 3.79. The summed E-state index contributed by atoms with van der Waals surface area (Å²) in [7, 11) is 0. The summed E-state index contributed by atoms with van der Waals surface area (Å²) >= 11 is 0. The fourth-order valence-corrected chi connectivity index (χ4v) is 2.77. The molecular formula is C15H20N4. The van der Waals surface area contributed by atoms with Gasteiger partial charge in [0.15, 0.2) is 0 Å². The van der Waals surface area contributed by atoms with Crippen LogP contribution < -0.4 is 5.32 Å². The molecule has 3 rings (SSSR count). The predicted molar refractivity (Wildman–Crippen MR) is 75.8 cm³/mol. The fraction of sp³-hybridized carbons (Fsp3) is 0.467. The van der Waals surface area contributed by atoms with Crippen molar-refractivity contribution in [1.29, 1.82) is 0 Å². The van der Waals surface area contributed by atoms with E-state index in [1.54, 1.807) is 0 Å². The molecule has 3 heterocycles. The molecule has 0 spiro atoms. The minimum atomic E-state index is 0.770. The third kappa shape index (κ3) is 2.68. The molecular weight excluding hydrogens is 236 g/mol. The van der Waals surface area contributed by atoms with Crippen LogP contribution in [0, 0.1) is 5.92 Å². The number of hydrogen-bond donors (Lipinski definition) is 1. The monoisotopic (exact) mass is 256 g/mol. The van der Waals surface area contributed by atoms with Crippen molar-refractivity contribution in [3.63, 3.8) is 0 Å². The lowest BCUT2D eigenvalue weighted by molar-refractivity contribution is 0.580. The molecule has 1 aliphatic heterocycles. The lowest BCUT2D eigenvalue weighted by atomic mass is 9.99. The zero-order chi connectivity index (χ0) is 13.1. The number of nitrogens with one attached hydrogen (secondary N) is 1. The molecule has 100 valence electrons. The minimum Gasteiger partial charge on any atom is -0.316 e. The van der Waals surface area contributed by atoms with Crippen LogP contribution in [-0.4, -0.2) is 27.9 Å². The quantitative estimate of drug-likeness (QED) is 0.911.